The second-order valence-electron chi connectivity index (χ2n) is 5.68. The van der Waals surface area contributed by atoms with Crippen molar-refractivity contribution in [1.29, 1.82) is 0 Å². The zero-order valence-corrected chi connectivity index (χ0v) is 13.7. The number of unbranched alkanes of at least 4 members (excludes halogenated alkanes) is 1. The molecule has 0 amide bonds. The smallest absolute Gasteiger partial charge is 0.225 e. The minimum atomic E-state index is -3.20. The Bertz CT molecular complexity index is 629. The van der Waals surface area contributed by atoms with Crippen LogP contribution in [0, 0.1) is 0 Å². The molecule has 1 aromatic rings. The molecule has 1 aromatic heterocycles. The first-order valence-corrected chi connectivity index (χ1v) is 9.36. The molecular formula is C14H22N4O3S. The molecular weight excluding hydrogens is 304 g/mol. The Balaban J connectivity index is 1.73. The van der Waals surface area contributed by atoms with Crippen molar-refractivity contribution in [2.24, 2.45) is 0 Å². The SMILES string of the molecule is CCCCS(=O)(=O)N1Cc2cnc(N3CCOCC3)nc2C1. The van der Waals surface area contributed by atoms with Gasteiger partial charge in [-0.25, -0.2) is 18.4 Å². The fraction of sp³-hybridized carbons (Fsp3) is 0.714. The van der Waals surface area contributed by atoms with Gasteiger partial charge in [0.05, 0.1) is 31.2 Å². The third-order valence-electron chi connectivity index (χ3n) is 4.06. The van der Waals surface area contributed by atoms with Gasteiger partial charge in [0, 0.05) is 31.4 Å². The van der Waals surface area contributed by atoms with Crippen LogP contribution in [-0.2, 0) is 27.8 Å². The average Bonchev–Trinajstić information content (AvgIpc) is 2.98. The molecule has 7 nitrogen and oxygen atoms in total. The van der Waals surface area contributed by atoms with Gasteiger partial charge >= 0.3 is 0 Å². The Morgan fingerprint density at radius 1 is 1.27 bits per heavy atom. The van der Waals surface area contributed by atoms with E-state index in [1.54, 1.807) is 6.20 Å². The van der Waals surface area contributed by atoms with Gasteiger partial charge in [-0.05, 0) is 6.42 Å². The molecule has 122 valence electrons. The molecule has 0 unspecified atom stereocenters. The number of aromatic nitrogens is 2. The lowest BCUT2D eigenvalue weighted by atomic mass is 10.3. The van der Waals surface area contributed by atoms with Crippen LogP contribution >= 0.6 is 0 Å². The van der Waals surface area contributed by atoms with Gasteiger partial charge in [-0.15, -0.1) is 0 Å². The Morgan fingerprint density at radius 2 is 2.05 bits per heavy atom. The highest BCUT2D eigenvalue weighted by atomic mass is 32.2. The summed E-state index contributed by atoms with van der Waals surface area (Å²) in [6.07, 6.45) is 3.34. The summed E-state index contributed by atoms with van der Waals surface area (Å²) in [6.45, 7) is 5.66. The molecule has 0 radical (unpaired) electrons. The number of nitrogens with zero attached hydrogens (tertiary/aromatic N) is 4. The van der Waals surface area contributed by atoms with Gasteiger partial charge in [0.2, 0.25) is 16.0 Å². The van der Waals surface area contributed by atoms with Gasteiger partial charge in [-0.3, -0.25) is 0 Å². The van der Waals surface area contributed by atoms with E-state index in [9.17, 15) is 8.42 Å². The summed E-state index contributed by atoms with van der Waals surface area (Å²) < 4.78 is 31.4. The Labute approximate surface area is 131 Å². The van der Waals surface area contributed by atoms with E-state index in [0.29, 0.717) is 38.7 Å². The second kappa shape index (κ2) is 6.47. The maximum absolute atomic E-state index is 12.3. The minimum absolute atomic E-state index is 0.210. The molecule has 0 aliphatic carbocycles. The van der Waals surface area contributed by atoms with Gasteiger partial charge in [0.1, 0.15) is 0 Å². The molecule has 1 saturated heterocycles. The van der Waals surface area contributed by atoms with Gasteiger partial charge in [-0.1, -0.05) is 13.3 Å². The molecule has 22 heavy (non-hydrogen) atoms. The van der Waals surface area contributed by atoms with E-state index in [1.165, 1.54) is 4.31 Å². The first-order valence-electron chi connectivity index (χ1n) is 7.75. The van der Waals surface area contributed by atoms with Gasteiger partial charge in [0.25, 0.3) is 0 Å². The maximum Gasteiger partial charge on any atom is 0.225 e. The average molecular weight is 326 g/mol. The highest BCUT2D eigenvalue weighted by molar-refractivity contribution is 7.89. The van der Waals surface area contributed by atoms with Gasteiger partial charge < -0.3 is 9.64 Å². The lowest BCUT2D eigenvalue weighted by Crippen LogP contribution is -2.37. The number of rotatable bonds is 5. The molecule has 3 rings (SSSR count). The molecule has 2 aliphatic heterocycles. The van der Waals surface area contributed by atoms with Crippen molar-refractivity contribution in [3.63, 3.8) is 0 Å². The van der Waals surface area contributed by atoms with E-state index in [4.69, 9.17) is 4.74 Å². The summed E-state index contributed by atoms with van der Waals surface area (Å²) in [6, 6.07) is 0. The molecule has 0 bridgehead atoms. The number of fused-ring (bicyclic) bond motifs is 1. The topological polar surface area (TPSA) is 75.6 Å². The number of hydrogen-bond donors (Lipinski definition) is 0. The van der Waals surface area contributed by atoms with E-state index in [-0.39, 0.29) is 5.75 Å². The van der Waals surface area contributed by atoms with Crippen LogP contribution in [0.1, 0.15) is 31.0 Å². The van der Waals surface area contributed by atoms with Crippen LogP contribution in [0.4, 0.5) is 5.95 Å². The largest absolute Gasteiger partial charge is 0.378 e. The van der Waals surface area contributed by atoms with Crippen molar-refractivity contribution in [2.75, 3.05) is 37.0 Å². The summed E-state index contributed by atoms with van der Waals surface area (Å²) in [7, 11) is -3.20. The second-order valence-corrected chi connectivity index (χ2v) is 7.77. The molecule has 3 heterocycles. The van der Waals surface area contributed by atoms with E-state index >= 15 is 0 Å². The first kappa shape index (κ1) is 15.6. The van der Waals surface area contributed by atoms with Gasteiger partial charge in [0.15, 0.2) is 0 Å². The summed E-state index contributed by atoms with van der Waals surface area (Å²) in [5.74, 6) is 0.885. The number of hydrogen-bond acceptors (Lipinski definition) is 6. The minimum Gasteiger partial charge on any atom is -0.378 e. The zero-order valence-electron chi connectivity index (χ0n) is 12.9. The Morgan fingerprint density at radius 3 is 2.77 bits per heavy atom. The quantitative estimate of drug-likeness (QED) is 0.795. The molecule has 0 spiro atoms. The molecule has 0 atom stereocenters. The number of morpholine rings is 1. The summed E-state index contributed by atoms with van der Waals surface area (Å²) >= 11 is 0. The monoisotopic (exact) mass is 326 g/mol. The highest BCUT2D eigenvalue weighted by Gasteiger charge is 2.30. The normalized spacial score (nSPS) is 19.4. The maximum atomic E-state index is 12.3. The first-order chi connectivity index (χ1) is 10.6. The van der Waals surface area contributed by atoms with Crippen molar-refractivity contribution >= 4 is 16.0 Å². The fourth-order valence-corrected chi connectivity index (χ4v) is 4.25. The van der Waals surface area contributed by atoms with Crippen LogP contribution in [-0.4, -0.2) is 54.7 Å². The fourth-order valence-electron chi connectivity index (χ4n) is 2.68. The predicted molar refractivity (Wildman–Crippen MR) is 83.0 cm³/mol. The van der Waals surface area contributed by atoms with Crippen molar-refractivity contribution in [3.8, 4) is 0 Å². The van der Waals surface area contributed by atoms with Crippen LogP contribution < -0.4 is 4.90 Å². The molecule has 8 heteroatoms. The Hall–Kier alpha value is -1.25. The Kier molecular flexibility index (Phi) is 4.60. The summed E-state index contributed by atoms with van der Waals surface area (Å²) in [5, 5.41) is 0. The number of sulfonamides is 1. The van der Waals surface area contributed by atoms with Crippen LogP contribution in [0.2, 0.25) is 0 Å². The van der Waals surface area contributed by atoms with E-state index < -0.39 is 10.0 Å². The predicted octanol–water partition coefficient (Wildman–Crippen LogP) is 0.759. The number of ether oxygens (including phenoxy) is 1. The van der Waals surface area contributed by atoms with Crippen LogP contribution in [0.3, 0.4) is 0 Å². The van der Waals surface area contributed by atoms with Crippen molar-refractivity contribution < 1.29 is 13.2 Å². The zero-order chi connectivity index (χ0) is 15.6. The van der Waals surface area contributed by atoms with E-state index in [0.717, 1.165) is 30.8 Å². The van der Waals surface area contributed by atoms with Crippen molar-refractivity contribution in [3.05, 3.63) is 17.5 Å². The highest BCUT2D eigenvalue weighted by Crippen LogP contribution is 2.25. The molecule has 2 aliphatic rings. The van der Waals surface area contributed by atoms with E-state index in [1.807, 2.05) is 6.92 Å². The van der Waals surface area contributed by atoms with Crippen molar-refractivity contribution in [1.82, 2.24) is 14.3 Å². The van der Waals surface area contributed by atoms with Crippen LogP contribution in [0.15, 0.2) is 6.20 Å². The summed E-state index contributed by atoms with van der Waals surface area (Å²) in [4.78, 5) is 11.0. The number of anilines is 1. The third-order valence-corrected chi connectivity index (χ3v) is 5.91. The lowest BCUT2D eigenvalue weighted by molar-refractivity contribution is 0.122. The molecule has 0 N–H and O–H groups in total. The molecule has 0 aromatic carbocycles. The third kappa shape index (κ3) is 3.23. The van der Waals surface area contributed by atoms with Crippen LogP contribution in [0.5, 0.6) is 0 Å². The van der Waals surface area contributed by atoms with E-state index in [2.05, 4.69) is 14.9 Å². The van der Waals surface area contributed by atoms with Crippen LogP contribution in [0.25, 0.3) is 0 Å². The van der Waals surface area contributed by atoms with Gasteiger partial charge in [-0.2, -0.15) is 4.31 Å². The van der Waals surface area contributed by atoms with Crippen molar-refractivity contribution in [2.45, 2.75) is 32.9 Å². The summed E-state index contributed by atoms with van der Waals surface area (Å²) in [5.41, 5.74) is 1.74. The molecule has 0 saturated carbocycles. The molecule has 1 fully saturated rings. The standard InChI is InChI=1S/C14H22N4O3S/c1-2-3-8-22(19,20)18-10-12-9-15-14(16-13(12)11-18)17-4-6-21-7-5-17/h9H,2-8,10-11H2,1H3. The lowest BCUT2D eigenvalue weighted by Gasteiger charge is -2.26.